The van der Waals surface area contributed by atoms with E-state index in [2.05, 4.69) is 0 Å². The van der Waals surface area contributed by atoms with Crippen LogP contribution in [0.4, 0.5) is 5.69 Å². The van der Waals surface area contributed by atoms with Crippen LogP contribution in [0.15, 0.2) is 24.3 Å². The van der Waals surface area contributed by atoms with Crippen LogP contribution in [-0.2, 0) is 9.53 Å². The largest absolute Gasteiger partial charge is 0.388 e. The van der Waals surface area contributed by atoms with Gasteiger partial charge in [0, 0.05) is 37.9 Å². The number of aliphatic hydroxyl groups excluding tert-OH is 1. The Hall–Kier alpha value is -1.39. The predicted molar refractivity (Wildman–Crippen MR) is 74.1 cm³/mol. The molecular weight excluding hydrogens is 242 g/mol. The van der Waals surface area contributed by atoms with Gasteiger partial charge in [-0.1, -0.05) is 18.2 Å². The van der Waals surface area contributed by atoms with Crippen LogP contribution in [0.2, 0.25) is 0 Å². The number of carbonyl (C=O) groups is 1. The van der Waals surface area contributed by atoms with Gasteiger partial charge in [-0.2, -0.15) is 0 Å². The molecule has 1 heterocycles. The summed E-state index contributed by atoms with van der Waals surface area (Å²) in [6.45, 7) is 1.28. The number of aliphatic hydroxyl groups is 1. The molecule has 0 saturated heterocycles. The number of amides is 1. The van der Waals surface area contributed by atoms with Gasteiger partial charge >= 0.3 is 0 Å². The van der Waals surface area contributed by atoms with Gasteiger partial charge in [0.05, 0.1) is 6.10 Å². The molecule has 4 nitrogen and oxygen atoms in total. The lowest BCUT2D eigenvalue weighted by Crippen LogP contribution is -2.31. The van der Waals surface area contributed by atoms with Gasteiger partial charge in [0.2, 0.25) is 5.91 Å². The van der Waals surface area contributed by atoms with Gasteiger partial charge in [0.1, 0.15) is 0 Å². The van der Waals surface area contributed by atoms with Crippen LogP contribution in [0, 0.1) is 0 Å². The summed E-state index contributed by atoms with van der Waals surface area (Å²) in [6, 6.07) is 7.63. The first-order valence-electron chi connectivity index (χ1n) is 6.80. The minimum Gasteiger partial charge on any atom is -0.388 e. The third kappa shape index (κ3) is 3.33. The van der Waals surface area contributed by atoms with Crippen molar-refractivity contribution < 1.29 is 14.6 Å². The van der Waals surface area contributed by atoms with E-state index in [4.69, 9.17) is 4.74 Å². The second kappa shape index (κ2) is 6.68. The van der Waals surface area contributed by atoms with E-state index in [9.17, 15) is 9.90 Å². The van der Waals surface area contributed by atoms with Gasteiger partial charge in [-0.3, -0.25) is 4.79 Å². The molecule has 0 bridgehead atoms. The first-order valence-corrected chi connectivity index (χ1v) is 6.80. The number of ether oxygens (including phenoxy) is 1. The van der Waals surface area contributed by atoms with Gasteiger partial charge in [-0.05, 0) is 25.3 Å². The zero-order valence-electron chi connectivity index (χ0n) is 11.3. The van der Waals surface area contributed by atoms with Crippen molar-refractivity contribution >= 4 is 11.6 Å². The molecule has 1 N–H and O–H groups in total. The van der Waals surface area contributed by atoms with Crippen LogP contribution in [0.25, 0.3) is 0 Å². The van der Waals surface area contributed by atoms with E-state index in [0.29, 0.717) is 26.0 Å². The van der Waals surface area contributed by atoms with Crippen molar-refractivity contribution in [3.05, 3.63) is 29.8 Å². The molecule has 0 aliphatic carbocycles. The molecule has 104 valence electrons. The maximum Gasteiger partial charge on any atom is 0.227 e. The van der Waals surface area contributed by atoms with E-state index >= 15 is 0 Å². The first-order chi connectivity index (χ1) is 9.24. The summed E-state index contributed by atoms with van der Waals surface area (Å²) < 4.78 is 4.98. The number of fused-ring (bicyclic) bond motifs is 1. The molecule has 1 amide bonds. The van der Waals surface area contributed by atoms with Crippen LogP contribution in [-0.4, -0.2) is 31.3 Å². The summed E-state index contributed by atoms with van der Waals surface area (Å²) >= 11 is 0. The summed E-state index contributed by atoms with van der Waals surface area (Å²) in [5.41, 5.74) is 1.72. The third-order valence-electron chi connectivity index (χ3n) is 3.49. The van der Waals surface area contributed by atoms with Gasteiger partial charge in [-0.15, -0.1) is 0 Å². The van der Waals surface area contributed by atoms with Crippen molar-refractivity contribution in [2.45, 2.75) is 31.8 Å². The Labute approximate surface area is 114 Å². The van der Waals surface area contributed by atoms with E-state index < -0.39 is 6.10 Å². The summed E-state index contributed by atoms with van der Waals surface area (Å²) in [6.07, 6.45) is 2.28. The Morgan fingerprint density at radius 3 is 3.05 bits per heavy atom. The molecule has 1 aliphatic rings. The van der Waals surface area contributed by atoms with Crippen molar-refractivity contribution in [3.63, 3.8) is 0 Å². The van der Waals surface area contributed by atoms with Crippen LogP contribution in [0.1, 0.15) is 37.4 Å². The number of hydrogen-bond donors (Lipinski definition) is 1. The quantitative estimate of drug-likeness (QED) is 0.848. The van der Waals surface area contributed by atoms with E-state index in [1.807, 2.05) is 24.3 Å². The van der Waals surface area contributed by atoms with Crippen molar-refractivity contribution in [2.75, 3.05) is 25.2 Å². The van der Waals surface area contributed by atoms with Gasteiger partial charge in [0.25, 0.3) is 0 Å². The van der Waals surface area contributed by atoms with Crippen molar-refractivity contribution in [1.82, 2.24) is 0 Å². The second-order valence-corrected chi connectivity index (χ2v) is 4.86. The lowest BCUT2D eigenvalue weighted by molar-refractivity contribution is -0.118. The molecule has 0 aromatic heterocycles. The number of para-hydroxylation sites is 1. The zero-order valence-corrected chi connectivity index (χ0v) is 11.3. The average Bonchev–Trinajstić information content (AvgIpc) is 2.59. The summed E-state index contributed by atoms with van der Waals surface area (Å²) in [4.78, 5) is 14.1. The summed E-state index contributed by atoms with van der Waals surface area (Å²) in [7, 11) is 1.64. The van der Waals surface area contributed by atoms with Gasteiger partial charge in [0.15, 0.2) is 0 Å². The zero-order chi connectivity index (χ0) is 13.7. The number of anilines is 1. The van der Waals surface area contributed by atoms with E-state index in [1.54, 1.807) is 12.0 Å². The number of hydrogen-bond acceptors (Lipinski definition) is 3. The number of benzene rings is 1. The molecule has 1 aromatic rings. The molecule has 0 radical (unpaired) electrons. The van der Waals surface area contributed by atoms with Crippen LogP contribution in [0.5, 0.6) is 0 Å². The number of methoxy groups -OCH3 is 1. The highest BCUT2D eigenvalue weighted by molar-refractivity contribution is 5.94. The van der Waals surface area contributed by atoms with E-state index in [0.717, 1.165) is 24.1 Å². The lowest BCUT2D eigenvalue weighted by Gasteiger charge is -2.23. The SMILES string of the molecule is COCCCC(=O)N1CCCC(O)c2ccccc21. The van der Waals surface area contributed by atoms with Crippen molar-refractivity contribution in [2.24, 2.45) is 0 Å². The molecule has 19 heavy (non-hydrogen) atoms. The molecule has 0 fully saturated rings. The maximum absolute atomic E-state index is 12.3. The average molecular weight is 263 g/mol. The Morgan fingerprint density at radius 1 is 1.47 bits per heavy atom. The van der Waals surface area contributed by atoms with Crippen LogP contribution < -0.4 is 4.90 Å². The highest BCUT2D eigenvalue weighted by Crippen LogP contribution is 2.32. The molecule has 1 aliphatic heterocycles. The Balaban J connectivity index is 2.16. The van der Waals surface area contributed by atoms with Crippen molar-refractivity contribution in [1.29, 1.82) is 0 Å². The smallest absolute Gasteiger partial charge is 0.227 e. The molecule has 1 aromatic carbocycles. The highest BCUT2D eigenvalue weighted by Gasteiger charge is 2.24. The Kier molecular flexibility index (Phi) is 4.93. The molecule has 1 unspecified atom stereocenters. The maximum atomic E-state index is 12.3. The van der Waals surface area contributed by atoms with Gasteiger partial charge in [-0.25, -0.2) is 0 Å². The molecule has 2 rings (SSSR count). The molecule has 4 heteroatoms. The standard InChI is InChI=1S/C15H21NO3/c1-19-11-5-9-15(18)16-10-4-8-14(17)12-6-2-3-7-13(12)16/h2-3,6-7,14,17H,4-5,8-11H2,1H3. The first kappa shape index (κ1) is 14.0. The minimum atomic E-state index is -0.465. The van der Waals surface area contributed by atoms with Crippen LogP contribution >= 0.6 is 0 Å². The van der Waals surface area contributed by atoms with E-state index in [-0.39, 0.29) is 5.91 Å². The third-order valence-corrected chi connectivity index (χ3v) is 3.49. The number of carbonyl (C=O) groups excluding carboxylic acids is 1. The van der Waals surface area contributed by atoms with Crippen LogP contribution in [0.3, 0.4) is 0 Å². The summed E-state index contributed by atoms with van der Waals surface area (Å²) in [5, 5.41) is 10.1. The minimum absolute atomic E-state index is 0.110. The highest BCUT2D eigenvalue weighted by atomic mass is 16.5. The predicted octanol–water partition coefficient (Wildman–Crippen LogP) is 2.27. The second-order valence-electron chi connectivity index (χ2n) is 4.86. The summed E-state index contributed by atoms with van der Waals surface area (Å²) in [5.74, 6) is 0.110. The molecular formula is C15H21NO3. The molecule has 0 spiro atoms. The molecule has 1 atom stereocenters. The number of rotatable bonds is 4. The fourth-order valence-electron chi connectivity index (χ4n) is 2.50. The van der Waals surface area contributed by atoms with Gasteiger partial charge < -0.3 is 14.7 Å². The van der Waals surface area contributed by atoms with Crippen molar-refractivity contribution in [3.8, 4) is 0 Å². The monoisotopic (exact) mass is 263 g/mol. The fraction of sp³-hybridized carbons (Fsp3) is 0.533. The topological polar surface area (TPSA) is 49.8 Å². The Bertz CT molecular complexity index is 433. The number of nitrogens with zero attached hydrogens (tertiary/aromatic N) is 1. The normalized spacial score (nSPS) is 18.8. The van der Waals surface area contributed by atoms with E-state index in [1.165, 1.54) is 0 Å². The Morgan fingerprint density at radius 2 is 2.26 bits per heavy atom. The fourth-order valence-corrected chi connectivity index (χ4v) is 2.50. The molecule has 0 saturated carbocycles. The lowest BCUT2D eigenvalue weighted by atomic mass is 10.0.